The number of benzene rings is 1. The van der Waals surface area contributed by atoms with Crippen molar-refractivity contribution in [3.8, 4) is 0 Å². The molecule has 108 valence electrons. The number of aliphatic imine (C=N–C) groups is 1. The number of hydrogen-bond acceptors (Lipinski definition) is 1. The van der Waals surface area contributed by atoms with Crippen LogP contribution in [0.1, 0.15) is 19.4 Å². The van der Waals surface area contributed by atoms with Gasteiger partial charge in [-0.25, -0.2) is 0 Å². The molecular formula is C15H21ClN4. The predicted molar refractivity (Wildman–Crippen MR) is 86.4 cm³/mol. The first-order valence-corrected chi connectivity index (χ1v) is 7.33. The average Bonchev–Trinajstić information content (AvgIpc) is 2.83. The van der Waals surface area contributed by atoms with E-state index in [1.807, 2.05) is 29.3 Å². The second-order valence-corrected chi connectivity index (χ2v) is 5.10. The van der Waals surface area contributed by atoms with E-state index in [0.717, 1.165) is 35.4 Å². The van der Waals surface area contributed by atoms with E-state index in [1.165, 1.54) is 5.56 Å². The smallest absolute Gasteiger partial charge is 0.191 e. The van der Waals surface area contributed by atoms with Crippen LogP contribution in [0.15, 0.2) is 29.4 Å². The summed E-state index contributed by atoms with van der Waals surface area (Å²) < 4.78 is 0. The summed E-state index contributed by atoms with van der Waals surface area (Å²) in [6.07, 6.45) is 2.87. The van der Waals surface area contributed by atoms with Crippen LogP contribution in [0.4, 0.5) is 0 Å². The zero-order chi connectivity index (χ0) is 14.5. The van der Waals surface area contributed by atoms with Crippen LogP contribution in [0.2, 0.25) is 5.02 Å². The van der Waals surface area contributed by atoms with Crippen molar-refractivity contribution in [2.24, 2.45) is 10.7 Å². The van der Waals surface area contributed by atoms with E-state index in [1.54, 1.807) is 0 Å². The summed E-state index contributed by atoms with van der Waals surface area (Å²) in [4.78, 5) is 9.74. The van der Waals surface area contributed by atoms with Crippen molar-refractivity contribution in [1.29, 1.82) is 0 Å². The maximum Gasteiger partial charge on any atom is 0.191 e. The molecule has 4 nitrogen and oxygen atoms in total. The molecule has 1 heterocycles. The summed E-state index contributed by atoms with van der Waals surface area (Å²) in [5, 5.41) is 1.92. The highest BCUT2D eigenvalue weighted by Crippen LogP contribution is 2.22. The van der Waals surface area contributed by atoms with Gasteiger partial charge in [-0.2, -0.15) is 0 Å². The molecule has 1 aromatic carbocycles. The van der Waals surface area contributed by atoms with Gasteiger partial charge in [0.2, 0.25) is 0 Å². The van der Waals surface area contributed by atoms with E-state index in [9.17, 15) is 0 Å². The average molecular weight is 293 g/mol. The van der Waals surface area contributed by atoms with Gasteiger partial charge in [-0.15, -0.1) is 0 Å². The van der Waals surface area contributed by atoms with Crippen LogP contribution >= 0.6 is 11.6 Å². The number of rotatable bonds is 5. The normalized spacial score (nSPS) is 12.1. The number of guanidine groups is 1. The molecule has 1 aromatic heterocycles. The fourth-order valence-electron chi connectivity index (χ4n) is 2.30. The van der Waals surface area contributed by atoms with Crippen LogP contribution in [0.25, 0.3) is 10.9 Å². The lowest BCUT2D eigenvalue weighted by Crippen LogP contribution is -2.37. The van der Waals surface area contributed by atoms with Gasteiger partial charge in [-0.3, -0.25) is 4.99 Å². The number of H-pyrrole nitrogens is 1. The van der Waals surface area contributed by atoms with Crippen molar-refractivity contribution in [3.05, 3.63) is 35.0 Å². The fourth-order valence-corrected chi connectivity index (χ4v) is 2.47. The molecule has 0 aliphatic rings. The highest BCUT2D eigenvalue weighted by molar-refractivity contribution is 6.31. The second kappa shape index (κ2) is 6.66. The SMILES string of the molecule is CCN(CC)C(N)=NCCc1c[nH]c2ccc(Cl)cc12. The Hall–Kier alpha value is -1.68. The Kier molecular flexibility index (Phi) is 4.90. The van der Waals surface area contributed by atoms with Gasteiger partial charge in [0.25, 0.3) is 0 Å². The topological polar surface area (TPSA) is 57.4 Å². The molecule has 3 N–H and O–H groups in total. The van der Waals surface area contributed by atoms with Crippen LogP contribution in [0.5, 0.6) is 0 Å². The summed E-state index contributed by atoms with van der Waals surface area (Å²) in [5.41, 5.74) is 8.29. The van der Waals surface area contributed by atoms with E-state index in [0.29, 0.717) is 12.5 Å². The third kappa shape index (κ3) is 3.25. The van der Waals surface area contributed by atoms with Crippen molar-refractivity contribution in [3.63, 3.8) is 0 Å². The Morgan fingerprint density at radius 3 is 2.80 bits per heavy atom. The zero-order valence-corrected chi connectivity index (χ0v) is 12.7. The van der Waals surface area contributed by atoms with E-state index in [-0.39, 0.29) is 0 Å². The molecule has 0 spiro atoms. The first-order chi connectivity index (χ1) is 9.65. The fraction of sp³-hybridized carbons (Fsp3) is 0.400. The Bertz CT molecular complexity index is 599. The molecule has 20 heavy (non-hydrogen) atoms. The molecular weight excluding hydrogens is 272 g/mol. The van der Waals surface area contributed by atoms with Crippen molar-refractivity contribution in [2.75, 3.05) is 19.6 Å². The number of aromatic nitrogens is 1. The molecule has 0 amide bonds. The third-order valence-electron chi connectivity index (χ3n) is 3.47. The van der Waals surface area contributed by atoms with Gasteiger partial charge < -0.3 is 15.6 Å². The van der Waals surface area contributed by atoms with Gasteiger partial charge in [0.05, 0.1) is 0 Å². The van der Waals surface area contributed by atoms with Crippen molar-refractivity contribution in [1.82, 2.24) is 9.88 Å². The lowest BCUT2D eigenvalue weighted by atomic mass is 10.1. The minimum absolute atomic E-state index is 0.618. The minimum Gasteiger partial charge on any atom is -0.370 e. The van der Waals surface area contributed by atoms with Crippen LogP contribution in [-0.2, 0) is 6.42 Å². The Labute approximate surface area is 124 Å². The summed E-state index contributed by atoms with van der Waals surface area (Å²) in [6, 6.07) is 5.87. The quantitative estimate of drug-likeness (QED) is 0.657. The number of nitrogens with zero attached hydrogens (tertiary/aromatic N) is 2. The number of halogens is 1. The number of nitrogens with one attached hydrogen (secondary N) is 1. The molecule has 0 aliphatic heterocycles. The summed E-state index contributed by atoms with van der Waals surface area (Å²) in [6.45, 7) is 6.60. The van der Waals surface area contributed by atoms with Crippen LogP contribution in [-0.4, -0.2) is 35.5 Å². The molecule has 0 bridgehead atoms. The second-order valence-electron chi connectivity index (χ2n) is 4.67. The lowest BCUT2D eigenvalue weighted by Gasteiger charge is -2.19. The molecule has 0 unspecified atom stereocenters. The van der Waals surface area contributed by atoms with Gasteiger partial charge in [0.15, 0.2) is 5.96 Å². The van der Waals surface area contributed by atoms with Crippen molar-refractivity contribution in [2.45, 2.75) is 20.3 Å². The van der Waals surface area contributed by atoms with E-state index in [4.69, 9.17) is 17.3 Å². The van der Waals surface area contributed by atoms with Gasteiger partial charge in [0, 0.05) is 41.8 Å². The van der Waals surface area contributed by atoms with Gasteiger partial charge in [-0.1, -0.05) is 11.6 Å². The van der Waals surface area contributed by atoms with E-state index in [2.05, 4.69) is 23.8 Å². The Morgan fingerprint density at radius 1 is 1.35 bits per heavy atom. The van der Waals surface area contributed by atoms with Crippen LogP contribution in [0.3, 0.4) is 0 Å². The first-order valence-electron chi connectivity index (χ1n) is 6.96. The van der Waals surface area contributed by atoms with E-state index < -0.39 is 0 Å². The molecule has 0 atom stereocenters. The van der Waals surface area contributed by atoms with Gasteiger partial charge in [0.1, 0.15) is 0 Å². The molecule has 0 aliphatic carbocycles. The highest BCUT2D eigenvalue weighted by Gasteiger charge is 2.05. The number of nitrogens with two attached hydrogens (primary N) is 1. The maximum absolute atomic E-state index is 6.04. The van der Waals surface area contributed by atoms with Gasteiger partial charge >= 0.3 is 0 Å². The van der Waals surface area contributed by atoms with E-state index >= 15 is 0 Å². The standard InChI is InChI=1S/C15H21ClN4/c1-3-20(4-2)15(17)18-8-7-11-10-19-14-6-5-12(16)9-13(11)14/h5-6,9-10,19H,3-4,7-8H2,1-2H3,(H2,17,18). The summed E-state index contributed by atoms with van der Waals surface area (Å²) in [5.74, 6) is 0.618. The molecule has 2 aromatic rings. The Morgan fingerprint density at radius 2 is 2.10 bits per heavy atom. The maximum atomic E-state index is 6.04. The minimum atomic E-state index is 0.618. The Balaban J connectivity index is 2.06. The largest absolute Gasteiger partial charge is 0.370 e. The predicted octanol–water partition coefficient (Wildman–Crippen LogP) is 3.02. The van der Waals surface area contributed by atoms with Crippen molar-refractivity contribution < 1.29 is 0 Å². The summed E-state index contributed by atoms with van der Waals surface area (Å²) >= 11 is 6.04. The molecule has 0 saturated heterocycles. The molecule has 0 saturated carbocycles. The summed E-state index contributed by atoms with van der Waals surface area (Å²) in [7, 11) is 0. The first kappa shape index (κ1) is 14.7. The monoisotopic (exact) mass is 292 g/mol. The third-order valence-corrected chi connectivity index (χ3v) is 3.71. The zero-order valence-electron chi connectivity index (χ0n) is 12.0. The number of fused-ring (bicyclic) bond motifs is 1. The number of aromatic amines is 1. The molecule has 0 fully saturated rings. The van der Waals surface area contributed by atoms with Crippen LogP contribution in [0, 0.1) is 0 Å². The number of hydrogen-bond donors (Lipinski definition) is 2. The van der Waals surface area contributed by atoms with Crippen molar-refractivity contribution >= 4 is 28.5 Å². The lowest BCUT2D eigenvalue weighted by molar-refractivity contribution is 0.458. The molecule has 0 radical (unpaired) electrons. The van der Waals surface area contributed by atoms with Gasteiger partial charge in [-0.05, 0) is 44.0 Å². The molecule has 5 heteroatoms. The van der Waals surface area contributed by atoms with Crippen LogP contribution < -0.4 is 5.73 Å². The highest BCUT2D eigenvalue weighted by atomic mass is 35.5. The molecule has 2 rings (SSSR count).